The number of carbonyl (C=O) groups excluding carboxylic acids is 2. The van der Waals surface area contributed by atoms with Gasteiger partial charge in [-0.25, -0.2) is 10.0 Å². The molecule has 1 aliphatic heterocycles. The fraction of sp³-hybridized carbons (Fsp3) is 0. The molecule has 4 rings (SSSR count). The van der Waals surface area contributed by atoms with E-state index >= 15 is 0 Å². The molecule has 1 aliphatic rings. The van der Waals surface area contributed by atoms with Gasteiger partial charge in [-0.3, -0.25) is 9.59 Å². The van der Waals surface area contributed by atoms with Crippen LogP contribution in [0.4, 0.5) is 11.4 Å². The van der Waals surface area contributed by atoms with E-state index in [1.165, 1.54) is 16.1 Å². The number of furan rings is 1. The highest BCUT2D eigenvalue weighted by molar-refractivity contribution is 6.36. The standard InChI is InChI=1S/C22H14Cl2N2O3/c23-15-6-10-17(11-7-15)25-21(27)20(5-1-3-19-4-2-14-29-19)22(28)26(25)18-12-8-16(24)9-13-18/h1-14H/b3-1+. The van der Waals surface area contributed by atoms with Crippen molar-refractivity contribution in [2.45, 2.75) is 0 Å². The average Bonchev–Trinajstić information content (AvgIpc) is 3.31. The minimum atomic E-state index is -0.448. The van der Waals surface area contributed by atoms with E-state index < -0.39 is 11.8 Å². The van der Waals surface area contributed by atoms with Gasteiger partial charge >= 0.3 is 0 Å². The first kappa shape index (κ1) is 19.1. The Morgan fingerprint density at radius 2 is 1.28 bits per heavy atom. The fourth-order valence-electron chi connectivity index (χ4n) is 2.90. The lowest BCUT2D eigenvalue weighted by atomic mass is 10.2. The molecule has 2 aromatic carbocycles. The van der Waals surface area contributed by atoms with Crippen molar-refractivity contribution in [3.05, 3.63) is 100 Å². The topological polar surface area (TPSA) is 53.8 Å². The molecule has 3 aromatic rings. The zero-order chi connectivity index (χ0) is 20.4. The van der Waals surface area contributed by atoms with Gasteiger partial charge in [0.1, 0.15) is 11.3 Å². The van der Waals surface area contributed by atoms with Crippen molar-refractivity contribution < 1.29 is 14.0 Å². The zero-order valence-corrected chi connectivity index (χ0v) is 16.5. The molecule has 7 heteroatoms. The molecule has 0 radical (unpaired) electrons. The molecule has 2 amide bonds. The van der Waals surface area contributed by atoms with Crippen LogP contribution >= 0.6 is 23.2 Å². The van der Waals surface area contributed by atoms with E-state index in [0.717, 1.165) is 0 Å². The summed E-state index contributed by atoms with van der Waals surface area (Å²) in [5, 5.41) is 3.69. The van der Waals surface area contributed by atoms with Crippen LogP contribution in [-0.4, -0.2) is 11.8 Å². The molecule has 0 saturated carbocycles. The van der Waals surface area contributed by atoms with Crippen LogP contribution in [0.1, 0.15) is 5.76 Å². The molecule has 1 aromatic heterocycles. The number of nitrogens with zero attached hydrogens (tertiary/aromatic N) is 2. The summed E-state index contributed by atoms with van der Waals surface area (Å²) in [5.41, 5.74) is 1.06. The SMILES string of the molecule is O=C1C(=C/C=C/c2ccco2)C(=O)N(c2ccc(Cl)cc2)N1c1ccc(Cl)cc1. The molecule has 0 bridgehead atoms. The minimum Gasteiger partial charge on any atom is -0.465 e. The molecule has 0 unspecified atom stereocenters. The van der Waals surface area contributed by atoms with Gasteiger partial charge in [0, 0.05) is 10.0 Å². The predicted octanol–water partition coefficient (Wildman–Crippen LogP) is 5.52. The third-order valence-electron chi connectivity index (χ3n) is 4.25. The number of hydrogen-bond acceptors (Lipinski definition) is 3. The first-order chi connectivity index (χ1) is 14.0. The minimum absolute atomic E-state index is 0.0257. The molecule has 2 heterocycles. The van der Waals surface area contributed by atoms with Crippen molar-refractivity contribution in [3.8, 4) is 0 Å². The number of allylic oxidation sites excluding steroid dienone is 2. The smallest absolute Gasteiger partial charge is 0.283 e. The normalized spacial score (nSPS) is 14.3. The summed E-state index contributed by atoms with van der Waals surface area (Å²) in [5.74, 6) is -0.281. The Morgan fingerprint density at radius 1 is 0.759 bits per heavy atom. The van der Waals surface area contributed by atoms with Crippen LogP contribution < -0.4 is 10.0 Å². The molecular formula is C22H14Cl2N2O3. The Balaban J connectivity index is 1.75. The largest absolute Gasteiger partial charge is 0.465 e. The van der Waals surface area contributed by atoms with Crippen molar-refractivity contribution >= 4 is 52.5 Å². The number of carbonyl (C=O) groups is 2. The monoisotopic (exact) mass is 424 g/mol. The Labute approximate surface area is 177 Å². The van der Waals surface area contributed by atoms with Gasteiger partial charge in [-0.2, -0.15) is 0 Å². The highest BCUT2D eigenvalue weighted by Crippen LogP contribution is 2.32. The summed E-state index contributed by atoms with van der Waals surface area (Å²) >= 11 is 11.9. The fourth-order valence-corrected chi connectivity index (χ4v) is 3.15. The molecule has 144 valence electrons. The molecule has 0 N–H and O–H groups in total. The van der Waals surface area contributed by atoms with E-state index in [9.17, 15) is 9.59 Å². The molecule has 29 heavy (non-hydrogen) atoms. The number of amides is 2. The third kappa shape index (κ3) is 3.83. The highest BCUT2D eigenvalue weighted by atomic mass is 35.5. The molecular weight excluding hydrogens is 411 g/mol. The van der Waals surface area contributed by atoms with Crippen LogP contribution in [0, 0.1) is 0 Å². The highest BCUT2D eigenvalue weighted by Gasteiger charge is 2.42. The summed E-state index contributed by atoms with van der Waals surface area (Å²) in [4.78, 5) is 26.2. The van der Waals surface area contributed by atoms with Crippen LogP contribution in [0.25, 0.3) is 6.08 Å². The maximum absolute atomic E-state index is 13.1. The molecule has 1 fully saturated rings. The van der Waals surface area contributed by atoms with E-state index in [-0.39, 0.29) is 5.57 Å². The van der Waals surface area contributed by atoms with Gasteiger partial charge in [0.25, 0.3) is 11.8 Å². The molecule has 0 spiro atoms. The lowest BCUT2D eigenvalue weighted by molar-refractivity contribution is -0.116. The van der Waals surface area contributed by atoms with Gasteiger partial charge in [0.15, 0.2) is 0 Å². The maximum atomic E-state index is 13.1. The molecule has 0 aliphatic carbocycles. The molecule has 1 saturated heterocycles. The van der Waals surface area contributed by atoms with Crippen molar-refractivity contribution in [2.24, 2.45) is 0 Å². The second-order valence-corrected chi connectivity index (χ2v) is 7.01. The van der Waals surface area contributed by atoms with Crippen LogP contribution in [-0.2, 0) is 9.59 Å². The number of rotatable bonds is 4. The van der Waals surface area contributed by atoms with E-state index in [1.807, 2.05) is 0 Å². The van der Waals surface area contributed by atoms with Crippen LogP contribution in [0.5, 0.6) is 0 Å². The number of hydrogen-bond donors (Lipinski definition) is 0. The van der Waals surface area contributed by atoms with Crippen molar-refractivity contribution in [2.75, 3.05) is 10.0 Å². The summed E-state index contributed by atoms with van der Waals surface area (Å²) in [6, 6.07) is 16.9. The number of anilines is 2. The Morgan fingerprint density at radius 3 is 1.72 bits per heavy atom. The van der Waals surface area contributed by atoms with Gasteiger partial charge in [0.2, 0.25) is 0 Å². The van der Waals surface area contributed by atoms with Gasteiger partial charge in [0.05, 0.1) is 17.6 Å². The Kier molecular flexibility index (Phi) is 5.25. The number of benzene rings is 2. The number of halogens is 2. The van der Waals surface area contributed by atoms with E-state index in [4.69, 9.17) is 27.6 Å². The van der Waals surface area contributed by atoms with Crippen LogP contribution in [0.2, 0.25) is 10.0 Å². The zero-order valence-electron chi connectivity index (χ0n) is 15.0. The Bertz CT molecular complexity index is 1040. The molecule has 0 atom stereocenters. The first-order valence-corrected chi connectivity index (χ1v) is 9.42. The van der Waals surface area contributed by atoms with Gasteiger partial charge < -0.3 is 4.42 Å². The van der Waals surface area contributed by atoms with Crippen molar-refractivity contribution in [3.63, 3.8) is 0 Å². The van der Waals surface area contributed by atoms with Crippen LogP contribution in [0.15, 0.2) is 89.1 Å². The summed E-state index contributed by atoms with van der Waals surface area (Å²) in [7, 11) is 0. The molecule has 5 nitrogen and oxygen atoms in total. The Hall–Kier alpha value is -3.28. The lowest BCUT2D eigenvalue weighted by Crippen LogP contribution is -2.41. The van der Waals surface area contributed by atoms with Crippen molar-refractivity contribution in [1.29, 1.82) is 0 Å². The van der Waals surface area contributed by atoms with Gasteiger partial charge in [-0.15, -0.1) is 0 Å². The summed E-state index contributed by atoms with van der Waals surface area (Å²) in [6.45, 7) is 0. The predicted molar refractivity (Wildman–Crippen MR) is 114 cm³/mol. The average molecular weight is 425 g/mol. The third-order valence-corrected chi connectivity index (χ3v) is 4.76. The van der Waals surface area contributed by atoms with Gasteiger partial charge in [-0.1, -0.05) is 29.3 Å². The quantitative estimate of drug-likeness (QED) is 0.409. The summed E-state index contributed by atoms with van der Waals surface area (Å²) < 4.78 is 5.22. The maximum Gasteiger partial charge on any atom is 0.283 e. The van der Waals surface area contributed by atoms with E-state index in [1.54, 1.807) is 79.1 Å². The second-order valence-electron chi connectivity index (χ2n) is 6.14. The first-order valence-electron chi connectivity index (χ1n) is 8.66. The number of hydrazine groups is 1. The van der Waals surface area contributed by atoms with Crippen molar-refractivity contribution in [1.82, 2.24) is 0 Å². The lowest BCUT2D eigenvalue weighted by Gasteiger charge is -2.27. The van der Waals surface area contributed by atoms with E-state index in [0.29, 0.717) is 27.2 Å². The second kappa shape index (κ2) is 7.99. The van der Waals surface area contributed by atoms with E-state index in [2.05, 4.69) is 0 Å². The summed E-state index contributed by atoms with van der Waals surface area (Å²) in [6.07, 6.45) is 6.30. The van der Waals surface area contributed by atoms with Crippen LogP contribution in [0.3, 0.4) is 0 Å². The van der Waals surface area contributed by atoms with Gasteiger partial charge in [-0.05, 0) is 72.8 Å².